The third-order valence-corrected chi connectivity index (χ3v) is 3.83. The molecule has 1 amide bonds. The Labute approximate surface area is 151 Å². The van der Waals surface area contributed by atoms with Crippen molar-refractivity contribution in [1.29, 1.82) is 5.26 Å². The second kappa shape index (κ2) is 8.08. The Morgan fingerprint density at radius 2 is 2.00 bits per heavy atom. The first-order chi connectivity index (χ1) is 12.3. The van der Waals surface area contributed by atoms with Crippen molar-refractivity contribution < 1.29 is 9.72 Å². The Bertz CT molecular complexity index is 924. The van der Waals surface area contributed by atoms with Crippen LogP contribution in [0.15, 0.2) is 48.0 Å². The minimum atomic E-state index is -0.561. The predicted octanol–water partition coefficient (Wildman–Crippen LogP) is 4.57. The first-order valence-electron chi connectivity index (χ1n) is 8.10. The van der Waals surface area contributed by atoms with Crippen LogP contribution in [0.3, 0.4) is 0 Å². The number of nitrogens with one attached hydrogen (secondary N) is 1. The van der Waals surface area contributed by atoms with Gasteiger partial charge in [0.25, 0.3) is 11.6 Å². The molecule has 0 bridgehead atoms. The summed E-state index contributed by atoms with van der Waals surface area (Å²) in [7, 11) is 0. The van der Waals surface area contributed by atoms with Gasteiger partial charge in [-0.25, -0.2) is 0 Å². The number of rotatable bonds is 5. The van der Waals surface area contributed by atoms with E-state index < -0.39 is 10.8 Å². The number of aryl methyl sites for hydroxylation is 1. The fourth-order valence-electron chi connectivity index (χ4n) is 2.53. The molecule has 0 aliphatic rings. The van der Waals surface area contributed by atoms with Gasteiger partial charge in [0.2, 0.25) is 0 Å². The standard InChI is InChI=1S/C20H19N3O3/c1-13(2)18-8-7-15(11-19(18)23(25)26)10-16(12-21)20(24)22-17-6-4-5-14(3)9-17/h4-11,13H,1-3H3,(H,22,24)/b16-10+. The molecule has 0 atom stereocenters. The van der Waals surface area contributed by atoms with Gasteiger partial charge >= 0.3 is 0 Å². The fraction of sp³-hybridized carbons (Fsp3) is 0.200. The number of nitrogens with zero attached hydrogens (tertiary/aromatic N) is 2. The van der Waals surface area contributed by atoms with Crippen LogP contribution in [0.4, 0.5) is 11.4 Å². The number of nitro groups is 1. The van der Waals surface area contributed by atoms with Gasteiger partial charge in [0, 0.05) is 17.3 Å². The van der Waals surface area contributed by atoms with Crippen molar-refractivity contribution in [2.24, 2.45) is 0 Å². The third-order valence-electron chi connectivity index (χ3n) is 3.83. The average Bonchev–Trinajstić information content (AvgIpc) is 2.59. The van der Waals surface area contributed by atoms with E-state index in [0.29, 0.717) is 16.8 Å². The van der Waals surface area contributed by atoms with Gasteiger partial charge in [-0.05, 0) is 42.2 Å². The van der Waals surface area contributed by atoms with Crippen LogP contribution >= 0.6 is 0 Å². The number of carbonyl (C=O) groups excluding carboxylic acids is 1. The van der Waals surface area contributed by atoms with E-state index in [4.69, 9.17) is 0 Å². The Balaban J connectivity index is 2.33. The van der Waals surface area contributed by atoms with Gasteiger partial charge < -0.3 is 5.32 Å². The van der Waals surface area contributed by atoms with Gasteiger partial charge in [0.05, 0.1) is 4.92 Å². The van der Waals surface area contributed by atoms with E-state index in [2.05, 4.69) is 5.32 Å². The van der Waals surface area contributed by atoms with Crippen LogP contribution < -0.4 is 5.32 Å². The average molecular weight is 349 g/mol. The molecule has 6 heteroatoms. The van der Waals surface area contributed by atoms with Crippen molar-refractivity contribution in [2.45, 2.75) is 26.7 Å². The van der Waals surface area contributed by atoms with Gasteiger partial charge in [-0.3, -0.25) is 14.9 Å². The lowest BCUT2D eigenvalue weighted by atomic mass is 9.98. The van der Waals surface area contributed by atoms with Crippen molar-refractivity contribution in [1.82, 2.24) is 0 Å². The number of hydrogen-bond acceptors (Lipinski definition) is 4. The second-order valence-electron chi connectivity index (χ2n) is 6.22. The molecule has 0 heterocycles. The number of benzene rings is 2. The van der Waals surface area contributed by atoms with Crippen LogP contribution in [0.2, 0.25) is 0 Å². The number of amides is 1. The quantitative estimate of drug-likeness (QED) is 0.370. The van der Waals surface area contributed by atoms with Gasteiger partial charge in [0.1, 0.15) is 11.6 Å². The molecule has 2 aromatic carbocycles. The van der Waals surface area contributed by atoms with Crippen LogP contribution in [-0.4, -0.2) is 10.8 Å². The van der Waals surface area contributed by atoms with E-state index >= 15 is 0 Å². The van der Waals surface area contributed by atoms with E-state index in [1.54, 1.807) is 30.3 Å². The second-order valence-corrected chi connectivity index (χ2v) is 6.22. The topological polar surface area (TPSA) is 96.0 Å². The number of carbonyl (C=O) groups is 1. The van der Waals surface area contributed by atoms with Crippen LogP contribution in [-0.2, 0) is 4.79 Å². The summed E-state index contributed by atoms with van der Waals surface area (Å²) in [5.41, 5.74) is 2.44. The van der Waals surface area contributed by atoms with Crippen molar-refractivity contribution in [2.75, 3.05) is 5.32 Å². The van der Waals surface area contributed by atoms with E-state index in [1.807, 2.05) is 32.9 Å². The maximum atomic E-state index is 12.3. The highest BCUT2D eigenvalue weighted by Gasteiger charge is 2.17. The SMILES string of the molecule is Cc1cccc(NC(=O)/C(C#N)=C/c2ccc(C(C)C)c([N+](=O)[O-])c2)c1. The molecule has 2 aromatic rings. The highest BCUT2D eigenvalue weighted by molar-refractivity contribution is 6.09. The molecule has 0 saturated heterocycles. The van der Waals surface area contributed by atoms with E-state index in [9.17, 15) is 20.2 Å². The maximum Gasteiger partial charge on any atom is 0.273 e. The Hall–Kier alpha value is -3.46. The molecule has 0 unspecified atom stereocenters. The molecule has 0 saturated carbocycles. The Morgan fingerprint density at radius 1 is 1.27 bits per heavy atom. The summed E-state index contributed by atoms with van der Waals surface area (Å²) in [6.07, 6.45) is 1.35. The summed E-state index contributed by atoms with van der Waals surface area (Å²) in [6, 6.07) is 13.8. The predicted molar refractivity (Wildman–Crippen MR) is 101 cm³/mol. The highest BCUT2D eigenvalue weighted by Crippen LogP contribution is 2.28. The first kappa shape index (κ1) is 18.9. The highest BCUT2D eigenvalue weighted by atomic mass is 16.6. The molecule has 26 heavy (non-hydrogen) atoms. The van der Waals surface area contributed by atoms with Gasteiger partial charge in [-0.2, -0.15) is 5.26 Å². The van der Waals surface area contributed by atoms with E-state index in [1.165, 1.54) is 12.1 Å². The van der Waals surface area contributed by atoms with Gasteiger partial charge in [-0.1, -0.05) is 38.1 Å². The van der Waals surface area contributed by atoms with Crippen LogP contribution in [0.1, 0.15) is 36.5 Å². The van der Waals surface area contributed by atoms with Crippen LogP contribution in [0.25, 0.3) is 6.08 Å². The zero-order valence-corrected chi connectivity index (χ0v) is 14.8. The largest absolute Gasteiger partial charge is 0.321 e. The first-order valence-corrected chi connectivity index (χ1v) is 8.10. The fourth-order valence-corrected chi connectivity index (χ4v) is 2.53. The molecule has 0 fully saturated rings. The molecule has 0 aliphatic carbocycles. The normalized spacial score (nSPS) is 11.1. The summed E-state index contributed by atoms with van der Waals surface area (Å²) >= 11 is 0. The lowest BCUT2D eigenvalue weighted by molar-refractivity contribution is -0.385. The number of hydrogen-bond donors (Lipinski definition) is 1. The van der Waals surface area contributed by atoms with Crippen molar-refractivity contribution in [3.05, 3.63) is 74.8 Å². The minimum absolute atomic E-state index is 0.00603. The number of anilines is 1. The molecule has 0 aliphatic heterocycles. The molecule has 0 spiro atoms. The minimum Gasteiger partial charge on any atom is -0.321 e. The zero-order chi connectivity index (χ0) is 19.3. The lowest BCUT2D eigenvalue weighted by Gasteiger charge is -2.08. The Morgan fingerprint density at radius 3 is 2.58 bits per heavy atom. The summed E-state index contributed by atoms with van der Waals surface area (Å²) < 4.78 is 0. The lowest BCUT2D eigenvalue weighted by Crippen LogP contribution is -2.13. The zero-order valence-electron chi connectivity index (χ0n) is 14.8. The Kier molecular flexibility index (Phi) is 5.86. The molecular weight excluding hydrogens is 330 g/mol. The molecular formula is C20H19N3O3. The molecule has 132 valence electrons. The van der Waals surface area contributed by atoms with Crippen LogP contribution in [0.5, 0.6) is 0 Å². The molecule has 0 aromatic heterocycles. The van der Waals surface area contributed by atoms with Crippen molar-refractivity contribution in [3.8, 4) is 6.07 Å². The molecule has 1 N–H and O–H groups in total. The number of nitriles is 1. The van der Waals surface area contributed by atoms with Crippen molar-refractivity contribution >= 4 is 23.4 Å². The van der Waals surface area contributed by atoms with Gasteiger partial charge in [0.15, 0.2) is 0 Å². The monoisotopic (exact) mass is 349 g/mol. The maximum absolute atomic E-state index is 12.3. The van der Waals surface area contributed by atoms with Crippen molar-refractivity contribution in [3.63, 3.8) is 0 Å². The summed E-state index contributed by atoms with van der Waals surface area (Å²) in [6.45, 7) is 5.63. The summed E-state index contributed by atoms with van der Waals surface area (Å²) in [5.74, 6) is -0.567. The smallest absolute Gasteiger partial charge is 0.273 e. The summed E-state index contributed by atoms with van der Waals surface area (Å²) in [5, 5.41) is 23.2. The van der Waals surface area contributed by atoms with E-state index in [-0.39, 0.29) is 17.2 Å². The summed E-state index contributed by atoms with van der Waals surface area (Å²) in [4.78, 5) is 23.1. The third kappa shape index (κ3) is 4.54. The van der Waals surface area contributed by atoms with E-state index in [0.717, 1.165) is 5.56 Å². The molecule has 6 nitrogen and oxygen atoms in total. The van der Waals surface area contributed by atoms with Crippen LogP contribution in [0, 0.1) is 28.4 Å². The molecule has 0 radical (unpaired) electrons. The van der Waals surface area contributed by atoms with Gasteiger partial charge in [-0.15, -0.1) is 0 Å². The molecule has 2 rings (SSSR count). The number of nitro benzene ring substituents is 1.